The fourth-order valence-electron chi connectivity index (χ4n) is 4.81. The van der Waals surface area contributed by atoms with Crippen LogP contribution in [0.2, 0.25) is 5.02 Å². The van der Waals surface area contributed by atoms with Crippen LogP contribution in [0.4, 0.5) is 10.9 Å². The number of nitrogens with zero attached hydrogens (tertiary/aromatic N) is 5. The largest absolute Gasteiger partial charge is 0.481 e. The number of aliphatic carboxylic acids is 1. The molecule has 0 unspecified atom stereocenters. The van der Waals surface area contributed by atoms with E-state index in [9.17, 15) is 14.7 Å². The molecule has 1 atom stereocenters. The van der Waals surface area contributed by atoms with Crippen LogP contribution in [0.5, 0.6) is 0 Å². The van der Waals surface area contributed by atoms with Crippen molar-refractivity contribution in [1.82, 2.24) is 19.9 Å². The summed E-state index contributed by atoms with van der Waals surface area (Å²) in [5, 5.41) is 15.1. The van der Waals surface area contributed by atoms with E-state index in [0.717, 1.165) is 41.4 Å². The van der Waals surface area contributed by atoms with Crippen molar-refractivity contribution < 1.29 is 19.4 Å². The second-order valence-electron chi connectivity index (χ2n) is 9.47. The topological polar surface area (TPSA) is 121 Å². The minimum Gasteiger partial charge on any atom is -0.481 e. The van der Waals surface area contributed by atoms with E-state index in [1.165, 1.54) is 28.9 Å². The standard InChI is InChI=1S/C25H29ClN6O4S2/c1-36-17-3-2-6-31(12-17)13-20-22(19-9-16(26)14-37-19)29-25(38-20)30-23(33)18-10-28-21(11-27-18)32-7-4-15(5-8-32)24(34)35/h9-11,14-15,17H,2-8,12-13H2,1H3,(H,34,35)(H,29,30,33)/t17-/m0/s1. The highest BCUT2D eigenvalue weighted by atomic mass is 35.5. The Labute approximate surface area is 233 Å². The third-order valence-corrected chi connectivity index (χ3v) is 9.16. The second kappa shape index (κ2) is 12.0. The molecule has 0 aliphatic carbocycles. The third-order valence-electron chi connectivity index (χ3n) is 6.92. The molecule has 0 spiro atoms. The van der Waals surface area contributed by atoms with Crippen LogP contribution in [0.15, 0.2) is 23.8 Å². The van der Waals surface area contributed by atoms with Gasteiger partial charge in [-0.3, -0.25) is 19.8 Å². The lowest BCUT2D eigenvalue weighted by atomic mass is 9.97. The normalized spacial score (nSPS) is 19.0. The fraction of sp³-hybridized carbons (Fsp3) is 0.480. The summed E-state index contributed by atoms with van der Waals surface area (Å²) in [4.78, 5) is 44.0. The van der Waals surface area contributed by atoms with E-state index < -0.39 is 5.97 Å². The molecule has 0 saturated carbocycles. The number of piperidine rings is 2. The SMILES string of the molecule is CO[C@H]1CCCN(Cc2sc(NC(=O)c3cnc(N4CCC(C(=O)O)CC4)cn3)nc2-c2cc(Cl)cs2)C1. The smallest absolute Gasteiger partial charge is 0.306 e. The fourth-order valence-corrected chi connectivity index (χ4v) is 6.98. The molecule has 0 bridgehead atoms. The maximum absolute atomic E-state index is 13.0. The monoisotopic (exact) mass is 576 g/mol. The number of carboxylic acid groups (broad SMARTS) is 1. The lowest BCUT2D eigenvalue weighted by Gasteiger charge is -2.31. The highest BCUT2D eigenvalue weighted by Crippen LogP contribution is 2.37. The Balaban J connectivity index is 1.28. The average molecular weight is 577 g/mol. The molecular weight excluding hydrogens is 548 g/mol. The zero-order valence-electron chi connectivity index (χ0n) is 20.9. The number of thiophene rings is 1. The first-order valence-corrected chi connectivity index (χ1v) is 14.6. The summed E-state index contributed by atoms with van der Waals surface area (Å²) in [5.74, 6) is -0.829. The van der Waals surface area contributed by atoms with E-state index >= 15 is 0 Å². The van der Waals surface area contributed by atoms with Crippen LogP contribution in [0.1, 0.15) is 41.0 Å². The molecule has 5 heterocycles. The summed E-state index contributed by atoms with van der Waals surface area (Å²) in [6, 6.07) is 1.90. The van der Waals surface area contributed by atoms with Crippen LogP contribution in [0.25, 0.3) is 10.6 Å². The van der Waals surface area contributed by atoms with Gasteiger partial charge in [-0.15, -0.1) is 11.3 Å². The maximum Gasteiger partial charge on any atom is 0.306 e. The Morgan fingerprint density at radius 3 is 2.68 bits per heavy atom. The molecule has 202 valence electrons. The van der Waals surface area contributed by atoms with Crippen LogP contribution in [-0.4, -0.2) is 76.2 Å². The molecule has 38 heavy (non-hydrogen) atoms. The van der Waals surface area contributed by atoms with Gasteiger partial charge >= 0.3 is 5.97 Å². The number of likely N-dealkylation sites (tertiary alicyclic amines) is 1. The highest BCUT2D eigenvalue weighted by Gasteiger charge is 2.26. The molecule has 2 N–H and O–H groups in total. The molecule has 3 aromatic heterocycles. The van der Waals surface area contributed by atoms with Crippen LogP contribution in [-0.2, 0) is 16.1 Å². The molecule has 13 heteroatoms. The molecule has 2 aliphatic rings. The minimum atomic E-state index is -0.756. The zero-order valence-corrected chi connectivity index (χ0v) is 23.3. The first kappa shape index (κ1) is 26.9. The minimum absolute atomic E-state index is 0.186. The number of ether oxygens (including phenoxy) is 1. The van der Waals surface area contributed by atoms with E-state index in [2.05, 4.69) is 20.2 Å². The van der Waals surface area contributed by atoms with Crippen molar-refractivity contribution in [2.24, 2.45) is 5.92 Å². The number of methoxy groups -OCH3 is 1. The first-order valence-electron chi connectivity index (χ1n) is 12.5. The molecule has 1 amide bonds. The van der Waals surface area contributed by atoms with E-state index in [-0.39, 0.29) is 23.6 Å². The van der Waals surface area contributed by atoms with Crippen molar-refractivity contribution in [3.05, 3.63) is 39.4 Å². The van der Waals surface area contributed by atoms with Crippen molar-refractivity contribution in [1.29, 1.82) is 0 Å². The number of halogens is 1. The van der Waals surface area contributed by atoms with E-state index in [1.54, 1.807) is 13.3 Å². The first-order chi connectivity index (χ1) is 18.4. The maximum atomic E-state index is 13.0. The Bertz CT molecular complexity index is 1280. The number of amides is 1. The molecular formula is C25H29ClN6O4S2. The van der Waals surface area contributed by atoms with Crippen molar-refractivity contribution >= 4 is 57.1 Å². The van der Waals surface area contributed by atoms with Gasteiger partial charge in [0.05, 0.1) is 40.0 Å². The van der Waals surface area contributed by atoms with Gasteiger partial charge in [-0.2, -0.15) is 0 Å². The number of hydrogen-bond acceptors (Lipinski definition) is 10. The number of carbonyl (C=O) groups excluding carboxylic acids is 1. The van der Waals surface area contributed by atoms with Gasteiger partial charge in [0.25, 0.3) is 5.91 Å². The summed E-state index contributed by atoms with van der Waals surface area (Å²) in [7, 11) is 1.75. The molecule has 5 rings (SSSR count). The summed E-state index contributed by atoms with van der Waals surface area (Å²) < 4.78 is 5.58. The summed E-state index contributed by atoms with van der Waals surface area (Å²) in [6.45, 7) is 3.75. The zero-order chi connectivity index (χ0) is 26.6. The van der Waals surface area contributed by atoms with Crippen molar-refractivity contribution in [2.45, 2.75) is 38.3 Å². The second-order valence-corrected chi connectivity index (χ2v) is 11.9. The van der Waals surface area contributed by atoms with Gasteiger partial charge in [0, 0.05) is 43.5 Å². The average Bonchev–Trinajstić information content (AvgIpc) is 3.54. The van der Waals surface area contributed by atoms with Crippen molar-refractivity contribution in [3.63, 3.8) is 0 Å². The quantitative estimate of drug-likeness (QED) is 0.400. The number of carbonyl (C=O) groups is 2. The van der Waals surface area contributed by atoms with Gasteiger partial charge in [0.2, 0.25) is 0 Å². The number of hydrogen-bond donors (Lipinski definition) is 2. The number of nitrogens with one attached hydrogen (secondary N) is 1. The molecule has 2 saturated heterocycles. The van der Waals surface area contributed by atoms with Gasteiger partial charge in [-0.25, -0.2) is 15.0 Å². The molecule has 0 aromatic carbocycles. The Hall–Kier alpha value is -2.64. The molecule has 10 nitrogen and oxygen atoms in total. The summed E-state index contributed by atoms with van der Waals surface area (Å²) in [5.41, 5.74) is 1.01. The van der Waals surface area contributed by atoms with Gasteiger partial charge in [0.15, 0.2) is 5.13 Å². The Kier molecular flexibility index (Phi) is 8.54. The predicted molar refractivity (Wildman–Crippen MR) is 148 cm³/mol. The number of anilines is 2. The lowest BCUT2D eigenvalue weighted by molar-refractivity contribution is -0.142. The van der Waals surface area contributed by atoms with E-state index in [1.807, 2.05) is 16.3 Å². The molecule has 2 aliphatic heterocycles. The van der Waals surface area contributed by atoms with Crippen molar-refractivity contribution in [3.8, 4) is 10.6 Å². The van der Waals surface area contributed by atoms with Gasteiger partial charge in [0.1, 0.15) is 11.5 Å². The number of rotatable bonds is 8. The van der Waals surface area contributed by atoms with E-state index in [4.69, 9.17) is 21.3 Å². The van der Waals surface area contributed by atoms with Gasteiger partial charge in [-0.1, -0.05) is 22.9 Å². The van der Waals surface area contributed by atoms with Crippen LogP contribution < -0.4 is 10.2 Å². The van der Waals surface area contributed by atoms with Gasteiger partial charge in [-0.05, 0) is 38.3 Å². The van der Waals surface area contributed by atoms with Crippen molar-refractivity contribution in [2.75, 3.05) is 43.5 Å². The van der Waals surface area contributed by atoms with Gasteiger partial charge < -0.3 is 14.7 Å². The highest BCUT2D eigenvalue weighted by molar-refractivity contribution is 7.17. The van der Waals surface area contributed by atoms with Crippen LogP contribution in [0, 0.1) is 5.92 Å². The van der Waals surface area contributed by atoms with E-state index in [0.29, 0.717) is 48.4 Å². The third kappa shape index (κ3) is 6.32. The molecule has 2 fully saturated rings. The Morgan fingerprint density at radius 1 is 1.21 bits per heavy atom. The number of carboxylic acids is 1. The predicted octanol–water partition coefficient (Wildman–Crippen LogP) is 4.48. The number of thiazole rings is 1. The summed E-state index contributed by atoms with van der Waals surface area (Å²) >= 11 is 9.18. The van der Waals surface area contributed by atoms with Crippen LogP contribution in [0.3, 0.4) is 0 Å². The van der Waals surface area contributed by atoms with Crippen LogP contribution >= 0.6 is 34.3 Å². The lowest BCUT2D eigenvalue weighted by Crippen LogP contribution is -2.38. The Morgan fingerprint density at radius 2 is 2.03 bits per heavy atom. The number of aromatic nitrogens is 3. The molecule has 3 aromatic rings. The summed E-state index contributed by atoms with van der Waals surface area (Å²) in [6.07, 6.45) is 6.49. The molecule has 0 radical (unpaired) electrons.